The maximum absolute atomic E-state index is 6.05. The largest absolute Gasteiger partial charge is 0.486 e. The van der Waals surface area contributed by atoms with Crippen molar-refractivity contribution >= 4 is 44.7 Å². The summed E-state index contributed by atoms with van der Waals surface area (Å²) < 4.78 is 46.7. The van der Waals surface area contributed by atoms with Crippen molar-refractivity contribution < 1.29 is 36.6 Å². The second-order valence-corrected chi connectivity index (χ2v) is 7.04. The van der Waals surface area contributed by atoms with E-state index in [1.54, 1.807) is 36.4 Å². The number of benzene rings is 3. The summed E-state index contributed by atoms with van der Waals surface area (Å²) in [5.41, 5.74) is 4.24. The van der Waals surface area contributed by atoms with Crippen molar-refractivity contribution in [3.05, 3.63) is 36.4 Å². The molecule has 8 heteroatoms. The first-order valence-electron chi connectivity index (χ1n) is 9.57. The van der Waals surface area contributed by atoms with Gasteiger partial charge in [-0.1, -0.05) is 0 Å². The van der Waals surface area contributed by atoms with E-state index >= 15 is 0 Å². The van der Waals surface area contributed by atoms with E-state index in [1.165, 1.54) is 0 Å². The third kappa shape index (κ3) is 2.33. The molecule has 0 aliphatic carbocycles. The Balaban J connectivity index is 1.47. The molecule has 2 aliphatic heterocycles. The fraction of sp³-hybridized carbons (Fsp3) is 0.182. The molecule has 0 saturated carbocycles. The summed E-state index contributed by atoms with van der Waals surface area (Å²) in [4.78, 5) is 0. The Labute approximate surface area is 167 Å². The molecule has 0 fully saturated rings. The summed E-state index contributed by atoms with van der Waals surface area (Å²) in [7, 11) is 0. The Hall–Kier alpha value is -3.94. The minimum absolute atomic E-state index is 0.500. The zero-order valence-corrected chi connectivity index (χ0v) is 15.6. The first-order chi connectivity index (χ1) is 14.8. The van der Waals surface area contributed by atoms with E-state index in [1.807, 2.05) is 0 Å². The topological polar surface area (TPSA) is 89.5 Å². The second-order valence-electron chi connectivity index (χ2n) is 7.04. The van der Waals surface area contributed by atoms with Gasteiger partial charge >= 0.3 is 0 Å². The highest BCUT2D eigenvalue weighted by molar-refractivity contribution is 5.91. The SMILES string of the molecule is c1c2c(cc3oc4cc5oc6cc7c(cc6oc5cc4oc13)OCCO7)OCCO2. The second kappa shape index (κ2) is 5.79. The van der Waals surface area contributed by atoms with Crippen LogP contribution in [0.3, 0.4) is 0 Å². The minimum atomic E-state index is 0.500. The lowest BCUT2D eigenvalue weighted by Gasteiger charge is -2.18. The zero-order valence-electron chi connectivity index (χ0n) is 15.6. The summed E-state index contributed by atoms with van der Waals surface area (Å²) in [5, 5.41) is 0. The van der Waals surface area contributed by atoms with Gasteiger partial charge in [-0.15, -0.1) is 0 Å². The van der Waals surface area contributed by atoms with Crippen LogP contribution in [0.25, 0.3) is 44.7 Å². The lowest BCUT2D eigenvalue weighted by Crippen LogP contribution is -2.15. The molecule has 5 aromatic rings. The highest BCUT2D eigenvalue weighted by atomic mass is 16.6. The van der Waals surface area contributed by atoms with Gasteiger partial charge in [0.05, 0.1) is 0 Å². The van der Waals surface area contributed by atoms with Crippen molar-refractivity contribution in [3.8, 4) is 23.0 Å². The molecule has 7 rings (SSSR count). The van der Waals surface area contributed by atoms with Gasteiger partial charge in [-0.3, -0.25) is 0 Å². The van der Waals surface area contributed by atoms with Crippen LogP contribution in [0.2, 0.25) is 0 Å². The summed E-state index contributed by atoms with van der Waals surface area (Å²) >= 11 is 0. The van der Waals surface area contributed by atoms with Crippen molar-refractivity contribution in [2.45, 2.75) is 0 Å². The Morgan fingerprint density at radius 3 is 0.833 bits per heavy atom. The molecule has 3 aromatic carbocycles. The molecule has 2 aromatic heterocycles. The van der Waals surface area contributed by atoms with E-state index in [-0.39, 0.29) is 0 Å². The number of hydrogen-bond acceptors (Lipinski definition) is 8. The molecule has 150 valence electrons. The summed E-state index contributed by atoms with van der Waals surface area (Å²) in [6.07, 6.45) is 0. The molecule has 0 spiro atoms. The first-order valence-corrected chi connectivity index (χ1v) is 9.57. The molecule has 0 radical (unpaired) electrons. The van der Waals surface area contributed by atoms with Gasteiger partial charge in [-0.25, -0.2) is 0 Å². The molecule has 0 N–H and O–H groups in total. The standard InChI is InChI=1S/C22H14O8/c1-2-24-12-6-16-15(5-11(12)23-1)27-19-9-21-22(10-20(19)28-16)30-18-8-14-13(7-17(18)29-21)25-3-4-26-14/h5-10H,1-4H2. The number of ether oxygens (including phenoxy) is 4. The number of rotatable bonds is 0. The molecular formula is C22H14O8. The molecule has 0 unspecified atom stereocenters. The number of fused-ring (bicyclic) bond motifs is 6. The van der Waals surface area contributed by atoms with Crippen molar-refractivity contribution in [2.75, 3.05) is 26.4 Å². The van der Waals surface area contributed by atoms with Crippen LogP contribution in [0, 0.1) is 0 Å². The highest BCUT2D eigenvalue weighted by Crippen LogP contribution is 2.39. The van der Waals surface area contributed by atoms with Crippen molar-refractivity contribution in [3.63, 3.8) is 0 Å². The average Bonchev–Trinajstić information content (AvgIpc) is 2.77. The van der Waals surface area contributed by atoms with Crippen LogP contribution in [-0.4, -0.2) is 26.4 Å². The Kier molecular flexibility index (Phi) is 3.07. The van der Waals surface area contributed by atoms with E-state index in [2.05, 4.69) is 0 Å². The molecule has 2 aliphatic rings. The molecule has 0 bridgehead atoms. The molecule has 30 heavy (non-hydrogen) atoms. The monoisotopic (exact) mass is 406 g/mol. The number of hydrogen-bond donors (Lipinski definition) is 0. The average molecular weight is 406 g/mol. The molecule has 0 atom stereocenters. The van der Waals surface area contributed by atoms with Gasteiger partial charge in [0.2, 0.25) is 0 Å². The molecule has 8 nitrogen and oxygen atoms in total. The van der Waals surface area contributed by atoms with E-state index in [0.717, 1.165) is 0 Å². The van der Waals surface area contributed by atoms with Crippen LogP contribution in [0.1, 0.15) is 0 Å². The summed E-state index contributed by atoms with van der Waals surface area (Å²) in [6, 6.07) is 10.5. The van der Waals surface area contributed by atoms with Gasteiger partial charge in [-0.2, -0.15) is 0 Å². The summed E-state index contributed by atoms with van der Waals surface area (Å²) in [5.74, 6) is 2.52. The fourth-order valence-electron chi connectivity index (χ4n) is 3.74. The van der Waals surface area contributed by atoms with Crippen LogP contribution in [0.5, 0.6) is 23.0 Å². The lowest BCUT2D eigenvalue weighted by molar-refractivity contribution is 0.171. The first kappa shape index (κ1) is 15.9. The molecule has 0 saturated heterocycles. The third-order valence-electron chi connectivity index (χ3n) is 5.11. The zero-order chi connectivity index (χ0) is 19.7. The van der Waals surface area contributed by atoms with Crippen LogP contribution < -0.4 is 18.9 Å². The maximum Gasteiger partial charge on any atom is 0.174 e. The predicted molar refractivity (Wildman–Crippen MR) is 105 cm³/mol. The molecule has 4 heterocycles. The molecular weight excluding hydrogens is 392 g/mol. The smallest absolute Gasteiger partial charge is 0.174 e. The van der Waals surface area contributed by atoms with E-state index in [0.29, 0.717) is 94.1 Å². The van der Waals surface area contributed by atoms with Gasteiger partial charge in [0, 0.05) is 36.4 Å². The normalized spacial score (nSPS) is 15.2. The van der Waals surface area contributed by atoms with Crippen LogP contribution in [0.15, 0.2) is 54.1 Å². The van der Waals surface area contributed by atoms with E-state index in [9.17, 15) is 0 Å². The van der Waals surface area contributed by atoms with Crippen molar-refractivity contribution in [1.29, 1.82) is 0 Å². The van der Waals surface area contributed by atoms with Gasteiger partial charge in [0.15, 0.2) is 67.7 Å². The van der Waals surface area contributed by atoms with Gasteiger partial charge in [0.1, 0.15) is 26.4 Å². The fourth-order valence-corrected chi connectivity index (χ4v) is 3.74. The van der Waals surface area contributed by atoms with Crippen LogP contribution >= 0.6 is 0 Å². The van der Waals surface area contributed by atoms with E-state index in [4.69, 9.17) is 36.6 Å². The lowest BCUT2D eigenvalue weighted by atomic mass is 10.2. The Morgan fingerprint density at radius 1 is 0.333 bits per heavy atom. The highest BCUT2D eigenvalue weighted by Gasteiger charge is 2.18. The Bertz CT molecular complexity index is 1290. The Morgan fingerprint density at radius 2 is 0.567 bits per heavy atom. The van der Waals surface area contributed by atoms with Gasteiger partial charge in [-0.05, 0) is 0 Å². The van der Waals surface area contributed by atoms with Gasteiger partial charge in [0.25, 0.3) is 0 Å². The molecule has 0 amide bonds. The van der Waals surface area contributed by atoms with Gasteiger partial charge < -0.3 is 36.6 Å². The van der Waals surface area contributed by atoms with Crippen molar-refractivity contribution in [2.24, 2.45) is 0 Å². The van der Waals surface area contributed by atoms with Crippen molar-refractivity contribution in [1.82, 2.24) is 0 Å². The third-order valence-corrected chi connectivity index (χ3v) is 5.11. The maximum atomic E-state index is 6.05. The van der Waals surface area contributed by atoms with Crippen LogP contribution in [0.4, 0.5) is 0 Å². The van der Waals surface area contributed by atoms with Crippen LogP contribution in [-0.2, 0) is 0 Å². The van der Waals surface area contributed by atoms with E-state index < -0.39 is 0 Å². The summed E-state index contributed by atoms with van der Waals surface area (Å²) in [6.45, 7) is 2.00. The predicted octanol–water partition coefficient (Wildman–Crippen LogP) is 5.34. The minimum Gasteiger partial charge on any atom is -0.486 e. The quantitative estimate of drug-likeness (QED) is 0.319.